The molecule has 2 heterocycles. The molecule has 0 atom stereocenters. The summed E-state index contributed by atoms with van der Waals surface area (Å²) in [5.74, 6) is 0. The van der Waals surface area contributed by atoms with Gasteiger partial charge in [-0.25, -0.2) is 0 Å². The Hall–Kier alpha value is -2.23. The highest BCUT2D eigenvalue weighted by Crippen LogP contribution is 2.32. The molecule has 0 saturated heterocycles. The van der Waals surface area contributed by atoms with Crippen molar-refractivity contribution < 1.29 is 0 Å². The molecular formula is C24H19BSSi. The predicted octanol–water partition coefficient (Wildman–Crippen LogP) is 2.96. The summed E-state index contributed by atoms with van der Waals surface area (Å²) in [4.78, 5) is 2.87. The third kappa shape index (κ3) is 2.07. The average Bonchev–Trinajstić information content (AvgIpc) is 2.69. The van der Waals surface area contributed by atoms with E-state index in [0.29, 0.717) is 6.71 Å². The maximum atomic E-state index is 2.51. The van der Waals surface area contributed by atoms with Crippen molar-refractivity contribution in [1.29, 1.82) is 0 Å². The first-order valence-electron chi connectivity index (χ1n) is 9.58. The highest BCUT2D eigenvalue weighted by atomic mass is 32.2. The summed E-state index contributed by atoms with van der Waals surface area (Å²) in [5.41, 5.74) is 4.60. The van der Waals surface area contributed by atoms with E-state index in [1.165, 1.54) is 31.5 Å². The van der Waals surface area contributed by atoms with Crippen LogP contribution < -0.4 is 26.8 Å². The Labute approximate surface area is 165 Å². The average molecular weight is 378 g/mol. The smallest absolute Gasteiger partial charge is 0.0912 e. The molecule has 2 aliphatic heterocycles. The normalized spacial score (nSPS) is 15.9. The van der Waals surface area contributed by atoms with Crippen molar-refractivity contribution in [3.63, 3.8) is 0 Å². The summed E-state index contributed by atoms with van der Waals surface area (Å²) in [6, 6.07) is 29.8. The Kier molecular flexibility index (Phi) is 3.16. The van der Waals surface area contributed by atoms with Crippen LogP contribution in [0.3, 0.4) is 0 Å². The molecular weight excluding hydrogens is 359 g/mol. The molecule has 0 aromatic heterocycles. The lowest BCUT2D eigenvalue weighted by atomic mass is 9.36. The van der Waals surface area contributed by atoms with Crippen molar-refractivity contribution in [2.75, 3.05) is 0 Å². The predicted molar refractivity (Wildman–Crippen MR) is 122 cm³/mol. The van der Waals surface area contributed by atoms with E-state index >= 15 is 0 Å². The monoisotopic (exact) mass is 378 g/mol. The van der Waals surface area contributed by atoms with Crippen LogP contribution in [0, 0.1) is 0 Å². The number of fused-ring (bicyclic) bond motifs is 5. The molecule has 4 aromatic rings. The number of benzene rings is 4. The first-order chi connectivity index (χ1) is 13.1. The maximum Gasteiger partial charge on any atom is 0.243 e. The van der Waals surface area contributed by atoms with Crippen molar-refractivity contribution >= 4 is 64.1 Å². The van der Waals surface area contributed by atoms with Gasteiger partial charge in [0.1, 0.15) is 8.07 Å². The third-order valence-corrected chi connectivity index (χ3v) is 11.1. The van der Waals surface area contributed by atoms with Crippen LogP contribution in [0.25, 0.3) is 10.8 Å². The van der Waals surface area contributed by atoms with E-state index in [-0.39, 0.29) is 0 Å². The fourth-order valence-corrected chi connectivity index (χ4v) is 9.60. The second kappa shape index (κ2) is 5.40. The van der Waals surface area contributed by atoms with Crippen molar-refractivity contribution in [2.24, 2.45) is 0 Å². The Morgan fingerprint density at radius 1 is 0.667 bits per heavy atom. The minimum atomic E-state index is -1.68. The quantitative estimate of drug-likeness (QED) is 0.374. The van der Waals surface area contributed by atoms with E-state index in [0.717, 1.165) is 0 Å². The van der Waals surface area contributed by atoms with Gasteiger partial charge in [-0.3, -0.25) is 0 Å². The van der Waals surface area contributed by atoms with Crippen LogP contribution in [0.1, 0.15) is 0 Å². The molecule has 0 saturated carbocycles. The fraction of sp³-hybridized carbons (Fsp3) is 0.0833. The Morgan fingerprint density at radius 3 is 2.22 bits per heavy atom. The summed E-state index contributed by atoms with van der Waals surface area (Å²) in [7, 11) is -1.68. The zero-order chi connectivity index (χ0) is 18.2. The van der Waals surface area contributed by atoms with Gasteiger partial charge < -0.3 is 0 Å². The molecule has 0 N–H and O–H groups in total. The molecule has 0 bridgehead atoms. The van der Waals surface area contributed by atoms with Crippen molar-refractivity contribution in [3.8, 4) is 0 Å². The van der Waals surface area contributed by atoms with Gasteiger partial charge in [0.2, 0.25) is 6.71 Å². The van der Waals surface area contributed by atoms with Gasteiger partial charge in [0.05, 0.1) is 0 Å². The van der Waals surface area contributed by atoms with Crippen LogP contribution in [0.5, 0.6) is 0 Å². The van der Waals surface area contributed by atoms with Gasteiger partial charge >= 0.3 is 0 Å². The summed E-state index contributed by atoms with van der Waals surface area (Å²) in [5, 5.41) is 5.90. The summed E-state index contributed by atoms with van der Waals surface area (Å²) in [6.07, 6.45) is 0. The lowest BCUT2D eigenvalue weighted by Gasteiger charge is -2.40. The SMILES string of the molecule is C[Si]1(C)c2ccccc2B2c3cc4ccccc4cc3Sc3cccc1c32. The minimum absolute atomic E-state index is 0.369. The van der Waals surface area contributed by atoms with Crippen molar-refractivity contribution in [2.45, 2.75) is 22.9 Å². The van der Waals surface area contributed by atoms with Crippen LogP contribution in [0.2, 0.25) is 13.1 Å². The molecule has 0 radical (unpaired) electrons. The van der Waals surface area contributed by atoms with E-state index in [2.05, 4.69) is 92.0 Å². The van der Waals surface area contributed by atoms with Crippen LogP contribution >= 0.6 is 11.8 Å². The Bertz CT molecular complexity index is 1240. The minimum Gasteiger partial charge on any atom is -0.0912 e. The molecule has 27 heavy (non-hydrogen) atoms. The standard InChI is InChI=1S/C24H19BSSi/c1-27(2)22-12-6-5-10-18(22)25-19-14-16-8-3-4-9-17(16)15-21(19)26-20-11-7-13-23(27)24(20)25/h3-15H,1-2H3. The van der Waals surface area contributed by atoms with Gasteiger partial charge in [-0.15, -0.1) is 0 Å². The van der Waals surface area contributed by atoms with E-state index < -0.39 is 8.07 Å². The van der Waals surface area contributed by atoms with Gasteiger partial charge in [0, 0.05) is 9.79 Å². The zero-order valence-electron chi connectivity index (χ0n) is 15.5. The molecule has 0 unspecified atom stereocenters. The highest BCUT2D eigenvalue weighted by Gasteiger charge is 2.44. The second-order valence-corrected chi connectivity index (χ2v) is 13.6. The summed E-state index contributed by atoms with van der Waals surface area (Å²) >= 11 is 1.96. The highest BCUT2D eigenvalue weighted by molar-refractivity contribution is 8.00. The zero-order valence-corrected chi connectivity index (χ0v) is 17.3. The molecule has 6 rings (SSSR count). The van der Waals surface area contributed by atoms with E-state index in [4.69, 9.17) is 0 Å². The molecule has 0 amide bonds. The van der Waals surface area contributed by atoms with E-state index in [1.807, 2.05) is 11.8 Å². The lowest BCUT2D eigenvalue weighted by molar-refractivity contribution is 1.45. The van der Waals surface area contributed by atoms with Crippen LogP contribution in [-0.4, -0.2) is 14.8 Å². The topological polar surface area (TPSA) is 0 Å². The van der Waals surface area contributed by atoms with Gasteiger partial charge in [-0.1, -0.05) is 118 Å². The largest absolute Gasteiger partial charge is 0.243 e. The molecule has 0 spiro atoms. The van der Waals surface area contributed by atoms with E-state index in [1.54, 1.807) is 15.8 Å². The molecule has 3 heteroatoms. The number of hydrogen-bond acceptors (Lipinski definition) is 1. The van der Waals surface area contributed by atoms with Crippen LogP contribution in [0.4, 0.5) is 0 Å². The van der Waals surface area contributed by atoms with Gasteiger partial charge in [-0.2, -0.15) is 0 Å². The van der Waals surface area contributed by atoms with Crippen molar-refractivity contribution in [3.05, 3.63) is 78.9 Å². The van der Waals surface area contributed by atoms with Crippen molar-refractivity contribution in [1.82, 2.24) is 0 Å². The third-order valence-electron chi connectivity index (χ3n) is 6.38. The molecule has 2 aliphatic rings. The van der Waals surface area contributed by atoms with Gasteiger partial charge in [0.15, 0.2) is 0 Å². The van der Waals surface area contributed by atoms with Gasteiger partial charge in [0.25, 0.3) is 0 Å². The molecule has 128 valence electrons. The maximum absolute atomic E-state index is 2.51. The van der Waals surface area contributed by atoms with Crippen LogP contribution in [0.15, 0.2) is 88.7 Å². The molecule has 0 fully saturated rings. The number of hydrogen-bond donors (Lipinski definition) is 0. The second-order valence-electron chi connectivity index (χ2n) is 8.20. The van der Waals surface area contributed by atoms with Crippen LogP contribution in [-0.2, 0) is 0 Å². The Morgan fingerprint density at radius 2 is 1.37 bits per heavy atom. The lowest BCUT2D eigenvalue weighted by Crippen LogP contribution is -2.77. The summed E-state index contributed by atoms with van der Waals surface area (Å²) in [6.45, 7) is 5.39. The number of rotatable bonds is 0. The first-order valence-corrected chi connectivity index (χ1v) is 13.4. The van der Waals surface area contributed by atoms with E-state index in [9.17, 15) is 0 Å². The fourth-order valence-electron chi connectivity index (χ4n) is 5.09. The molecule has 4 aromatic carbocycles. The first kappa shape index (κ1) is 15.8. The Balaban J connectivity index is 1.74. The molecule has 0 aliphatic carbocycles. The molecule has 0 nitrogen and oxygen atoms in total. The summed E-state index contributed by atoms with van der Waals surface area (Å²) < 4.78 is 0. The van der Waals surface area contributed by atoms with Gasteiger partial charge in [-0.05, 0) is 22.9 Å².